The van der Waals surface area contributed by atoms with Crippen LogP contribution in [-0.4, -0.2) is 33.0 Å². The average molecular weight is 386 g/mol. The molecule has 0 aliphatic carbocycles. The smallest absolute Gasteiger partial charge is 0.306 e. The normalized spacial score (nSPS) is 13.3. The number of nitrogens with one attached hydrogen (secondary N) is 1. The molecule has 0 amide bonds. The van der Waals surface area contributed by atoms with Crippen molar-refractivity contribution in [2.75, 3.05) is 18.2 Å². The van der Waals surface area contributed by atoms with Gasteiger partial charge in [-0.3, -0.25) is 9.00 Å². The molecule has 2 unspecified atom stereocenters. The number of hydrogen-bond donors (Lipinski definition) is 2. The SMILES string of the molecule is CC(O)COn1c(=O)c(NCc2ccc(S(C)=O)cc2)cc2ccccc21. The number of hydrogen-bond acceptors (Lipinski definition) is 5. The maximum atomic E-state index is 12.8. The first-order chi connectivity index (χ1) is 13.0. The minimum atomic E-state index is -1.02. The highest BCUT2D eigenvalue weighted by molar-refractivity contribution is 7.84. The van der Waals surface area contributed by atoms with Crippen LogP contribution < -0.4 is 15.7 Å². The maximum absolute atomic E-state index is 12.8. The third kappa shape index (κ3) is 4.56. The molecule has 142 valence electrons. The Morgan fingerprint density at radius 2 is 1.89 bits per heavy atom. The second kappa shape index (κ2) is 8.37. The summed E-state index contributed by atoms with van der Waals surface area (Å²) in [4.78, 5) is 19.1. The molecule has 6 nitrogen and oxygen atoms in total. The van der Waals surface area contributed by atoms with E-state index in [1.165, 1.54) is 4.73 Å². The summed E-state index contributed by atoms with van der Waals surface area (Å²) in [7, 11) is -1.02. The fraction of sp³-hybridized carbons (Fsp3) is 0.250. The number of pyridine rings is 1. The van der Waals surface area contributed by atoms with Gasteiger partial charge in [-0.2, -0.15) is 0 Å². The van der Waals surface area contributed by atoms with Crippen LogP contribution in [0.3, 0.4) is 0 Å². The van der Waals surface area contributed by atoms with Gasteiger partial charge in [0, 0.05) is 33.9 Å². The van der Waals surface area contributed by atoms with Crippen LogP contribution in [0.1, 0.15) is 12.5 Å². The van der Waals surface area contributed by atoms with Crippen molar-refractivity contribution in [2.45, 2.75) is 24.5 Å². The Morgan fingerprint density at radius 1 is 1.19 bits per heavy atom. The van der Waals surface area contributed by atoms with Gasteiger partial charge in [0.15, 0.2) is 0 Å². The van der Waals surface area contributed by atoms with E-state index in [2.05, 4.69) is 5.32 Å². The first-order valence-corrected chi connectivity index (χ1v) is 10.1. The Bertz CT molecular complexity index is 1010. The summed E-state index contributed by atoms with van der Waals surface area (Å²) in [5.41, 5.74) is 1.69. The molecular formula is C20H22N2O4S. The van der Waals surface area contributed by atoms with Crippen molar-refractivity contribution in [3.63, 3.8) is 0 Å². The van der Waals surface area contributed by atoms with Crippen LogP contribution >= 0.6 is 0 Å². The predicted octanol–water partition coefficient (Wildman–Crippen LogP) is 2.16. The number of aliphatic hydroxyl groups is 1. The molecule has 0 aliphatic rings. The second-order valence-electron chi connectivity index (χ2n) is 6.31. The van der Waals surface area contributed by atoms with Gasteiger partial charge in [-0.05, 0) is 36.8 Å². The highest BCUT2D eigenvalue weighted by Crippen LogP contribution is 2.16. The fourth-order valence-electron chi connectivity index (χ4n) is 2.66. The zero-order valence-electron chi connectivity index (χ0n) is 15.2. The molecule has 0 saturated heterocycles. The van der Waals surface area contributed by atoms with Crippen molar-refractivity contribution in [3.05, 3.63) is 70.5 Å². The Kier molecular flexibility index (Phi) is 5.93. The summed E-state index contributed by atoms with van der Waals surface area (Å²) < 4.78 is 12.7. The van der Waals surface area contributed by atoms with E-state index in [0.29, 0.717) is 17.7 Å². The van der Waals surface area contributed by atoms with E-state index >= 15 is 0 Å². The molecule has 2 N–H and O–H groups in total. The quantitative estimate of drug-likeness (QED) is 0.650. The van der Waals surface area contributed by atoms with E-state index in [1.807, 2.05) is 42.5 Å². The third-order valence-electron chi connectivity index (χ3n) is 4.05. The summed E-state index contributed by atoms with van der Waals surface area (Å²) in [6.07, 6.45) is 0.952. The van der Waals surface area contributed by atoms with E-state index < -0.39 is 16.9 Å². The van der Waals surface area contributed by atoms with Crippen LogP contribution in [0.5, 0.6) is 0 Å². The van der Waals surface area contributed by atoms with E-state index in [4.69, 9.17) is 4.84 Å². The van der Waals surface area contributed by atoms with Crippen molar-refractivity contribution in [1.82, 2.24) is 4.73 Å². The zero-order chi connectivity index (χ0) is 19.4. The lowest BCUT2D eigenvalue weighted by Crippen LogP contribution is -2.32. The number of benzene rings is 2. The molecule has 2 atom stereocenters. The van der Waals surface area contributed by atoms with Gasteiger partial charge in [-0.1, -0.05) is 30.3 Å². The minimum Gasteiger partial charge on any atom is -0.407 e. The van der Waals surface area contributed by atoms with E-state index in [1.54, 1.807) is 25.3 Å². The number of aromatic nitrogens is 1. The molecule has 7 heteroatoms. The van der Waals surface area contributed by atoms with Crippen LogP contribution in [0.2, 0.25) is 0 Å². The molecule has 0 saturated carbocycles. The van der Waals surface area contributed by atoms with Gasteiger partial charge < -0.3 is 15.3 Å². The maximum Gasteiger partial charge on any atom is 0.306 e. The van der Waals surface area contributed by atoms with Crippen molar-refractivity contribution in [2.24, 2.45) is 0 Å². The summed E-state index contributed by atoms with van der Waals surface area (Å²) in [5, 5.41) is 13.5. The number of rotatable bonds is 7. The monoisotopic (exact) mass is 386 g/mol. The van der Waals surface area contributed by atoms with Gasteiger partial charge in [-0.25, -0.2) is 0 Å². The highest BCUT2D eigenvalue weighted by Gasteiger charge is 2.11. The molecule has 3 aromatic rings. The molecule has 0 bridgehead atoms. The van der Waals surface area contributed by atoms with Gasteiger partial charge in [0.25, 0.3) is 0 Å². The summed E-state index contributed by atoms with van der Waals surface area (Å²) in [6, 6.07) is 16.6. The van der Waals surface area contributed by atoms with Gasteiger partial charge >= 0.3 is 5.56 Å². The van der Waals surface area contributed by atoms with Crippen LogP contribution in [0, 0.1) is 0 Å². The lowest BCUT2D eigenvalue weighted by Gasteiger charge is -2.15. The number of nitrogens with zero attached hydrogens (tertiary/aromatic N) is 1. The number of fused-ring (bicyclic) bond motifs is 1. The molecule has 0 aliphatic heterocycles. The summed E-state index contributed by atoms with van der Waals surface area (Å²) >= 11 is 0. The van der Waals surface area contributed by atoms with Crippen molar-refractivity contribution < 1.29 is 14.2 Å². The topological polar surface area (TPSA) is 80.6 Å². The molecule has 0 spiro atoms. The Labute approximate surface area is 159 Å². The molecule has 0 radical (unpaired) electrons. The average Bonchev–Trinajstić information content (AvgIpc) is 2.66. The zero-order valence-corrected chi connectivity index (χ0v) is 16.0. The molecule has 1 heterocycles. The summed E-state index contributed by atoms with van der Waals surface area (Å²) in [5.74, 6) is 0. The number of para-hydroxylation sites is 1. The Hall–Kier alpha value is -2.64. The molecule has 27 heavy (non-hydrogen) atoms. The van der Waals surface area contributed by atoms with Crippen LogP contribution in [0.4, 0.5) is 5.69 Å². The third-order valence-corrected chi connectivity index (χ3v) is 4.99. The van der Waals surface area contributed by atoms with Gasteiger partial charge in [0.05, 0.1) is 11.6 Å². The number of anilines is 1. The second-order valence-corrected chi connectivity index (χ2v) is 7.69. The van der Waals surface area contributed by atoms with E-state index in [9.17, 15) is 14.1 Å². The molecular weight excluding hydrogens is 364 g/mol. The van der Waals surface area contributed by atoms with Crippen LogP contribution in [-0.2, 0) is 17.3 Å². The molecule has 0 fully saturated rings. The Morgan fingerprint density at radius 3 is 2.56 bits per heavy atom. The highest BCUT2D eigenvalue weighted by atomic mass is 32.2. The van der Waals surface area contributed by atoms with Crippen LogP contribution in [0.25, 0.3) is 10.9 Å². The van der Waals surface area contributed by atoms with Gasteiger partial charge in [-0.15, -0.1) is 4.73 Å². The number of aliphatic hydroxyl groups excluding tert-OH is 1. The van der Waals surface area contributed by atoms with E-state index in [0.717, 1.165) is 15.8 Å². The first kappa shape index (κ1) is 19.1. The Balaban J connectivity index is 1.88. The lowest BCUT2D eigenvalue weighted by molar-refractivity contribution is 0.0365. The predicted molar refractivity (Wildman–Crippen MR) is 107 cm³/mol. The fourth-order valence-corrected chi connectivity index (χ4v) is 3.18. The first-order valence-electron chi connectivity index (χ1n) is 8.58. The van der Waals surface area contributed by atoms with Crippen LogP contribution in [0.15, 0.2) is 64.3 Å². The van der Waals surface area contributed by atoms with Crippen molar-refractivity contribution >= 4 is 27.4 Å². The van der Waals surface area contributed by atoms with Crippen molar-refractivity contribution in [1.29, 1.82) is 0 Å². The minimum absolute atomic E-state index is 0.0168. The summed E-state index contributed by atoms with van der Waals surface area (Å²) in [6.45, 7) is 2.06. The lowest BCUT2D eigenvalue weighted by atomic mass is 10.2. The van der Waals surface area contributed by atoms with Gasteiger partial charge in [0.1, 0.15) is 12.3 Å². The standard InChI is InChI=1S/C20H22N2O4S/c1-14(23)13-26-22-19-6-4-3-5-16(19)11-18(20(22)24)21-12-15-7-9-17(10-8-15)27(2)25/h3-11,14,21,23H,12-13H2,1-2H3. The molecule has 3 rings (SSSR count). The van der Waals surface area contributed by atoms with E-state index in [-0.39, 0.29) is 12.2 Å². The largest absolute Gasteiger partial charge is 0.407 e. The van der Waals surface area contributed by atoms with Crippen molar-refractivity contribution in [3.8, 4) is 0 Å². The molecule has 1 aromatic heterocycles. The molecule has 2 aromatic carbocycles. The van der Waals surface area contributed by atoms with Gasteiger partial charge in [0.2, 0.25) is 0 Å².